The Morgan fingerprint density at radius 3 is 1.53 bits per heavy atom. The summed E-state index contributed by atoms with van der Waals surface area (Å²) in [5.74, 6) is 0. The third-order valence-electron chi connectivity index (χ3n) is 7.50. The Kier molecular flexibility index (Phi) is 16.7. The van der Waals surface area contributed by atoms with Crippen molar-refractivity contribution in [3.8, 4) is 0 Å². The maximum atomic E-state index is 5.16. The van der Waals surface area contributed by atoms with E-state index in [1.54, 1.807) is 0 Å². The van der Waals surface area contributed by atoms with E-state index in [0.717, 1.165) is 36.3 Å². The lowest BCUT2D eigenvalue weighted by Gasteiger charge is -2.11. The largest absolute Gasteiger partial charge is 0.255 e. The molecule has 0 amide bonds. The van der Waals surface area contributed by atoms with Crippen molar-refractivity contribution in [1.29, 1.82) is 0 Å². The van der Waals surface area contributed by atoms with Crippen LogP contribution in [0, 0.1) is 0 Å². The summed E-state index contributed by atoms with van der Waals surface area (Å²) in [5.41, 5.74) is 9.26. The molecule has 0 saturated carbocycles. The SMILES string of the molecule is CCCCCCC(C=Nc1ccc(CCCC)c(CCCC)c1)=Nc1ccc(CCCC)c(CCCC)c1. The minimum atomic E-state index is 0.989. The van der Waals surface area contributed by atoms with Crippen LogP contribution in [0.15, 0.2) is 46.4 Å². The van der Waals surface area contributed by atoms with Crippen LogP contribution in [0.2, 0.25) is 0 Å². The number of aryl methyl sites for hydroxylation is 4. The van der Waals surface area contributed by atoms with Gasteiger partial charge in [0.15, 0.2) is 0 Å². The Labute approximate surface area is 235 Å². The van der Waals surface area contributed by atoms with Gasteiger partial charge in [-0.15, -0.1) is 0 Å². The predicted octanol–water partition coefficient (Wildman–Crippen LogP) is 11.5. The van der Waals surface area contributed by atoms with Crippen LogP contribution in [-0.2, 0) is 25.7 Å². The highest BCUT2D eigenvalue weighted by Gasteiger charge is 2.07. The highest BCUT2D eigenvalue weighted by atomic mass is 14.8. The fraction of sp³-hybridized carbons (Fsp3) is 0.611. The lowest BCUT2D eigenvalue weighted by Crippen LogP contribution is -2.01. The number of aliphatic imine (C=N–C) groups is 2. The fourth-order valence-corrected chi connectivity index (χ4v) is 4.99. The van der Waals surface area contributed by atoms with Crippen LogP contribution >= 0.6 is 0 Å². The van der Waals surface area contributed by atoms with Crippen molar-refractivity contribution < 1.29 is 0 Å². The third-order valence-corrected chi connectivity index (χ3v) is 7.50. The molecule has 210 valence electrons. The zero-order chi connectivity index (χ0) is 27.4. The normalized spacial score (nSPS) is 12.1. The number of hydrogen-bond acceptors (Lipinski definition) is 2. The predicted molar refractivity (Wildman–Crippen MR) is 171 cm³/mol. The minimum Gasteiger partial charge on any atom is -0.255 e. The smallest absolute Gasteiger partial charge is 0.0636 e. The molecule has 0 atom stereocenters. The molecule has 38 heavy (non-hydrogen) atoms. The third kappa shape index (κ3) is 12.1. The highest BCUT2D eigenvalue weighted by Crippen LogP contribution is 2.24. The van der Waals surface area contributed by atoms with E-state index in [1.165, 1.54) is 112 Å². The first-order chi connectivity index (χ1) is 18.6. The second-order valence-corrected chi connectivity index (χ2v) is 11.0. The molecule has 0 bridgehead atoms. The maximum absolute atomic E-state index is 5.16. The summed E-state index contributed by atoms with van der Waals surface area (Å²) < 4.78 is 0. The zero-order valence-electron chi connectivity index (χ0n) is 25.5. The zero-order valence-corrected chi connectivity index (χ0v) is 25.5. The summed E-state index contributed by atoms with van der Waals surface area (Å²) in [6.07, 6.45) is 22.6. The van der Waals surface area contributed by atoms with E-state index < -0.39 is 0 Å². The molecular formula is C36H56N2. The Bertz CT molecular complexity index is 969. The molecule has 2 heteroatoms. The van der Waals surface area contributed by atoms with Gasteiger partial charge in [0.2, 0.25) is 0 Å². The van der Waals surface area contributed by atoms with Gasteiger partial charge in [-0.05, 0) is 111 Å². The summed E-state index contributed by atoms with van der Waals surface area (Å²) >= 11 is 0. The van der Waals surface area contributed by atoms with Crippen molar-refractivity contribution in [2.45, 2.75) is 144 Å². The molecule has 0 fully saturated rings. The standard InChI is InChI=1S/C36H56N2/c1-6-11-16-17-22-36(38-35-26-24-31(19-13-8-3)33(28-35)21-15-10-5)29-37-34-25-23-30(18-12-7-2)32(27-34)20-14-9-4/h23-29H,6-22H2,1-5H3. The lowest BCUT2D eigenvalue weighted by molar-refractivity contribution is 0.684. The molecule has 2 rings (SSSR count). The Morgan fingerprint density at radius 2 is 1.00 bits per heavy atom. The van der Waals surface area contributed by atoms with Gasteiger partial charge in [-0.2, -0.15) is 0 Å². The Balaban J connectivity index is 2.32. The molecule has 2 aromatic carbocycles. The second-order valence-electron chi connectivity index (χ2n) is 11.0. The first kappa shape index (κ1) is 32.0. The monoisotopic (exact) mass is 516 g/mol. The van der Waals surface area contributed by atoms with Gasteiger partial charge in [-0.1, -0.05) is 91.7 Å². The summed E-state index contributed by atoms with van der Waals surface area (Å²) in [4.78, 5) is 10.1. The molecule has 0 aliphatic rings. The van der Waals surface area contributed by atoms with E-state index in [2.05, 4.69) is 71.0 Å². The molecule has 0 N–H and O–H groups in total. The molecule has 0 aromatic heterocycles. The summed E-state index contributed by atoms with van der Waals surface area (Å²) in [6.45, 7) is 11.4. The Morgan fingerprint density at radius 1 is 0.526 bits per heavy atom. The number of benzene rings is 2. The van der Waals surface area contributed by atoms with Gasteiger partial charge < -0.3 is 0 Å². The quantitative estimate of drug-likeness (QED) is 0.123. The van der Waals surface area contributed by atoms with Gasteiger partial charge in [0.05, 0.1) is 17.1 Å². The molecule has 0 aliphatic heterocycles. The average Bonchev–Trinajstić information content (AvgIpc) is 2.94. The van der Waals surface area contributed by atoms with Gasteiger partial charge in [0.1, 0.15) is 0 Å². The molecule has 0 spiro atoms. The first-order valence-corrected chi connectivity index (χ1v) is 16.0. The van der Waals surface area contributed by atoms with E-state index in [9.17, 15) is 0 Å². The summed E-state index contributed by atoms with van der Waals surface area (Å²) in [5, 5.41) is 0. The molecule has 2 aromatic rings. The van der Waals surface area contributed by atoms with E-state index >= 15 is 0 Å². The van der Waals surface area contributed by atoms with Crippen molar-refractivity contribution in [1.82, 2.24) is 0 Å². The molecule has 0 saturated heterocycles. The van der Waals surface area contributed by atoms with Gasteiger partial charge in [0.25, 0.3) is 0 Å². The van der Waals surface area contributed by atoms with E-state index in [1.807, 2.05) is 6.21 Å². The fourth-order valence-electron chi connectivity index (χ4n) is 4.99. The highest BCUT2D eigenvalue weighted by molar-refractivity contribution is 6.31. The van der Waals surface area contributed by atoms with Crippen LogP contribution in [0.25, 0.3) is 0 Å². The van der Waals surface area contributed by atoms with Crippen LogP contribution in [0.1, 0.15) is 140 Å². The van der Waals surface area contributed by atoms with Gasteiger partial charge >= 0.3 is 0 Å². The maximum Gasteiger partial charge on any atom is 0.0636 e. The number of hydrogen-bond donors (Lipinski definition) is 0. The van der Waals surface area contributed by atoms with Crippen molar-refractivity contribution in [2.75, 3.05) is 0 Å². The van der Waals surface area contributed by atoms with Crippen molar-refractivity contribution in [3.05, 3.63) is 58.7 Å². The van der Waals surface area contributed by atoms with Crippen LogP contribution < -0.4 is 0 Å². The van der Waals surface area contributed by atoms with Crippen LogP contribution in [0.3, 0.4) is 0 Å². The molecule has 0 unspecified atom stereocenters. The van der Waals surface area contributed by atoms with Gasteiger partial charge in [0, 0.05) is 6.21 Å². The Hall–Kier alpha value is -2.22. The minimum absolute atomic E-state index is 0.989. The van der Waals surface area contributed by atoms with Crippen molar-refractivity contribution >= 4 is 23.3 Å². The molecule has 0 aliphatic carbocycles. The molecular weight excluding hydrogens is 460 g/mol. The van der Waals surface area contributed by atoms with Crippen LogP contribution in [0.5, 0.6) is 0 Å². The van der Waals surface area contributed by atoms with Crippen molar-refractivity contribution in [3.63, 3.8) is 0 Å². The van der Waals surface area contributed by atoms with Gasteiger partial charge in [-0.25, -0.2) is 0 Å². The summed E-state index contributed by atoms with van der Waals surface area (Å²) in [6, 6.07) is 13.8. The number of unbranched alkanes of at least 4 members (excludes halogenated alkanes) is 7. The average molecular weight is 517 g/mol. The second kappa shape index (κ2) is 19.8. The molecule has 0 radical (unpaired) electrons. The lowest BCUT2D eigenvalue weighted by atomic mass is 9.97. The summed E-state index contributed by atoms with van der Waals surface area (Å²) in [7, 11) is 0. The topological polar surface area (TPSA) is 24.7 Å². The molecule has 2 nitrogen and oxygen atoms in total. The number of nitrogens with zero attached hydrogens (tertiary/aromatic N) is 2. The van der Waals surface area contributed by atoms with Crippen LogP contribution in [-0.4, -0.2) is 11.9 Å². The van der Waals surface area contributed by atoms with E-state index in [4.69, 9.17) is 9.98 Å². The van der Waals surface area contributed by atoms with Crippen LogP contribution in [0.4, 0.5) is 11.4 Å². The first-order valence-electron chi connectivity index (χ1n) is 16.0. The number of rotatable bonds is 20. The van der Waals surface area contributed by atoms with E-state index in [0.29, 0.717) is 0 Å². The molecule has 0 heterocycles. The van der Waals surface area contributed by atoms with Gasteiger partial charge in [-0.3, -0.25) is 9.98 Å². The van der Waals surface area contributed by atoms with Crippen molar-refractivity contribution in [2.24, 2.45) is 9.98 Å². The van der Waals surface area contributed by atoms with E-state index in [-0.39, 0.29) is 0 Å².